The summed E-state index contributed by atoms with van der Waals surface area (Å²) in [5.41, 5.74) is 10.1. The zero-order valence-electron chi connectivity index (χ0n) is 21.7. The number of allylic oxidation sites excluding steroid dienone is 1. The van der Waals surface area contributed by atoms with Crippen LogP contribution in [0.5, 0.6) is 0 Å². The van der Waals surface area contributed by atoms with Gasteiger partial charge in [-0.25, -0.2) is 4.39 Å². The number of rotatable bonds is 9. The molecule has 0 saturated heterocycles. The van der Waals surface area contributed by atoms with Crippen LogP contribution in [0.25, 0.3) is 17.0 Å². The third-order valence-corrected chi connectivity index (χ3v) is 6.24. The molecule has 0 amide bonds. The highest BCUT2D eigenvalue weighted by atomic mass is 19.1. The number of fused-ring (bicyclic) bond motifs is 1. The van der Waals surface area contributed by atoms with Crippen LogP contribution >= 0.6 is 0 Å². The third-order valence-electron chi connectivity index (χ3n) is 6.24. The Balaban J connectivity index is 0.000000207. The number of halogens is 1. The van der Waals surface area contributed by atoms with E-state index in [1.165, 1.54) is 6.07 Å². The Hall–Kier alpha value is -3.69. The van der Waals surface area contributed by atoms with Gasteiger partial charge in [0, 0.05) is 17.8 Å². The summed E-state index contributed by atoms with van der Waals surface area (Å²) < 4.78 is 20.0. The van der Waals surface area contributed by atoms with Crippen molar-refractivity contribution in [1.29, 1.82) is 0 Å². The zero-order valence-corrected chi connectivity index (χ0v) is 21.7. The molecule has 1 aliphatic rings. The molecular formula is C28H35FN6O2. The van der Waals surface area contributed by atoms with Gasteiger partial charge in [-0.2, -0.15) is 5.10 Å². The first-order valence-corrected chi connectivity index (χ1v) is 12.4. The minimum absolute atomic E-state index is 0.372. The summed E-state index contributed by atoms with van der Waals surface area (Å²) in [6.45, 7) is 7.86. The van der Waals surface area contributed by atoms with Crippen LogP contribution < -0.4 is 5.73 Å². The second-order valence-corrected chi connectivity index (χ2v) is 8.60. The van der Waals surface area contributed by atoms with E-state index in [1.54, 1.807) is 18.4 Å². The molecule has 0 bridgehead atoms. The molecule has 3 heterocycles. The number of ether oxygens (including phenoxy) is 1. The predicted molar refractivity (Wildman–Crippen MR) is 145 cm³/mol. The van der Waals surface area contributed by atoms with E-state index in [2.05, 4.69) is 40.9 Å². The molecular weight excluding hydrogens is 471 g/mol. The molecule has 2 aromatic heterocycles. The summed E-state index contributed by atoms with van der Waals surface area (Å²) in [4.78, 5) is 21.8. The maximum absolute atomic E-state index is 12.7. The van der Waals surface area contributed by atoms with Crippen LogP contribution in [0.2, 0.25) is 0 Å². The number of aliphatic imine (C=N–C) groups is 1. The molecule has 0 aliphatic carbocycles. The lowest BCUT2D eigenvalue weighted by Gasteiger charge is -2.23. The summed E-state index contributed by atoms with van der Waals surface area (Å²) in [7, 11) is 2.09. The lowest BCUT2D eigenvalue weighted by molar-refractivity contribution is 0.0789. The molecule has 1 aliphatic heterocycles. The summed E-state index contributed by atoms with van der Waals surface area (Å²) in [6.07, 6.45) is 6.46. The molecule has 0 unspecified atom stereocenters. The van der Waals surface area contributed by atoms with Crippen molar-refractivity contribution in [3.05, 3.63) is 77.5 Å². The zero-order chi connectivity index (χ0) is 26.6. The molecule has 37 heavy (non-hydrogen) atoms. The molecule has 0 fully saturated rings. The van der Waals surface area contributed by atoms with Crippen LogP contribution in [-0.2, 0) is 17.9 Å². The van der Waals surface area contributed by atoms with E-state index in [9.17, 15) is 9.18 Å². The lowest BCUT2D eigenvalue weighted by atomic mass is 10.1. The maximum Gasteiger partial charge on any atom is 0.154 e. The first-order valence-electron chi connectivity index (χ1n) is 12.4. The molecule has 1 aromatic carbocycles. The van der Waals surface area contributed by atoms with E-state index in [0.717, 1.165) is 48.9 Å². The average Bonchev–Trinajstić information content (AvgIpc) is 3.32. The van der Waals surface area contributed by atoms with Crippen molar-refractivity contribution in [3.8, 4) is 11.3 Å². The van der Waals surface area contributed by atoms with Gasteiger partial charge >= 0.3 is 0 Å². The Kier molecular flexibility index (Phi) is 10.7. The number of aldehydes is 1. The number of nitrogens with two attached hydrogens (primary N) is 1. The number of nitrogens with zero attached hydrogens (tertiary/aromatic N) is 5. The number of pyridine rings is 1. The van der Waals surface area contributed by atoms with E-state index in [0.29, 0.717) is 42.8 Å². The van der Waals surface area contributed by atoms with Gasteiger partial charge in [0.25, 0.3) is 0 Å². The van der Waals surface area contributed by atoms with Gasteiger partial charge in [0.1, 0.15) is 11.5 Å². The molecule has 9 heteroatoms. The Morgan fingerprint density at radius 2 is 2.05 bits per heavy atom. The van der Waals surface area contributed by atoms with Crippen molar-refractivity contribution in [2.75, 3.05) is 26.7 Å². The van der Waals surface area contributed by atoms with Crippen LogP contribution in [0.3, 0.4) is 0 Å². The van der Waals surface area contributed by atoms with E-state index >= 15 is 0 Å². The molecule has 0 spiro atoms. The normalized spacial score (nSPS) is 14.2. The van der Waals surface area contributed by atoms with E-state index in [-0.39, 0.29) is 5.82 Å². The monoisotopic (exact) mass is 506 g/mol. The fourth-order valence-electron chi connectivity index (χ4n) is 3.89. The van der Waals surface area contributed by atoms with Crippen LogP contribution in [-0.4, -0.2) is 65.0 Å². The Morgan fingerprint density at radius 3 is 2.70 bits per heavy atom. The van der Waals surface area contributed by atoms with Gasteiger partial charge in [0.2, 0.25) is 0 Å². The summed E-state index contributed by atoms with van der Waals surface area (Å²) in [5, 5.41) is 4.50. The van der Waals surface area contributed by atoms with Crippen LogP contribution in [0, 0.1) is 5.82 Å². The largest absolute Gasteiger partial charge is 0.397 e. The SMILES string of the molecule is CC[C@@H](CN=C/C=C(\N)c1ccc(F)cn1)N(C)CC.O=Cc1c(-c2ccccc2)nn2c1COCC2. The molecule has 3 aromatic rings. The standard InChI is InChI=1S/C15H23FN4.C13H12N2O2/c1-4-13(20(3)5-2)11-18-9-8-14(17)15-7-6-12(16)10-19-15;16-8-11-12-9-17-7-6-15(12)14-13(11)10-4-2-1-3-5-10/h6-10,13H,4-5,11,17H2,1-3H3;1-5,8H,6-7,9H2/b14-8-,18-9?;/t13-;/m0./s1. The van der Waals surface area contributed by atoms with Gasteiger partial charge in [-0.3, -0.25) is 19.5 Å². The molecule has 2 N–H and O–H groups in total. The number of hydrogen-bond donors (Lipinski definition) is 1. The van der Waals surface area contributed by atoms with Gasteiger partial charge in [-0.1, -0.05) is 44.2 Å². The fraction of sp³-hybridized carbons (Fsp3) is 0.357. The number of aromatic nitrogens is 3. The van der Waals surface area contributed by atoms with Gasteiger partial charge in [-0.15, -0.1) is 0 Å². The number of hydrogen-bond acceptors (Lipinski definition) is 7. The van der Waals surface area contributed by atoms with Gasteiger partial charge < -0.3 is 15.4 Å². The van der Waals surface area contributed by atoms with Gasteiger partial charge in [0.15, 0.2) is 6.29 Å². The quantitative estimate of drug-likeness (QED) is 0.345. The lowest BCUT2D eigenvalue weighted by Crippen LogP contribution is -2.33. The second-order valence-electron chi connectivity index (χ2n) is 8.60. The molecule has 0 saturated carbocycles. The average molecular weight is 507 g/mol. The maximum atomic E-state index is 12.7. The van der Waals surface area contributed by atoms with Crippen molar-refractivity contribution in [3.63, 3.8) is 0 Å². The van der Waals surface area contributed by atoms with E-state index in [1.807, 2.05) is 35.0 Å². The highest BCUT2D eigenvalue weighted by Gasteiger charge is 2.20. The molecule has 0 radical (unpaired) electrons. The highest BCUT2D eigenvalue weighted by Crippen LogP contribution is 2.26. The van der Waals surface area contributed by atoms with Crippen molar-refractivity contribution in [1.82, 2.24) is 19.7 Å². The first-order chi connectivity index (χ1) is 18.0. The van der Waals surface area contributed by atoms with Crippen molar-refractivity contribution >= 4 is 18.2 Å². The minimum Gasteiger partial charge on any atom is -0.397 e. The topological polar surface area (TPSA) is 98.6 Å². The van der Waals surface area contributed by atoms with Crippen molar-refractivity contribution in [2.45, 2.75) is 39.5 Å². The van der Waals surface area contributed by atoms with Crippen LogP contribution in [0.4, 0.5) is 4.39 Å². The number of likely N-dealkylation sites (N-methyl/N-ethyl adjacent to an activating group) is 1. The summed E-state index contributed by atoms with van der Waals surface area (Å²) >= 11 is 0. The summed E-state index contributed by atoms with van der Waals surface area (Å²) in [6, 6.07) is 13.1. The Morgan fingerprint density at radius 1 is 1.27 bits per heavy atom. The van der Waals surface area contributed by atoms with Gasteiger partial charge in [-0.05, 0) is 38.2 Å². The minimum atomic E-state index is -0.372. The molecule has 196 valence electrons. The fourth-order valence-corrected chi connectivity index (χ4v) is 3.89. The van der Waals surface area contributed by atoms with Crippen LogP contribution in [0.15, 0.2) is 59.7 Å². The third kappa shape index (κ3) is 7.65. The van der Waals surface area contributed by atoms with E-state index in [4.69, 9.17) is 10.5 Å². The molecule has 8 nitrogen and oxygen atoms in total. The highest BCUT2D eigenvalue weighted by molar-refractivity contribution is 5.87. The number of carbonyl (C=O) groups is 1. The first kappa shape index (κ1) is 27.9. The van der Waals surface area contributed by atoms with E-state index < -0.39 is 0 Å². The summed E-state index contributed by atoms with van der Waals surface area (Å²) in [5.74, 6) is -0.372. The Bertz CT molecular complexity index is 1190. The number of benzene rings is 1. The predicted octanol–water partition coefficient (Wildman–Crippen LogP) is 4.21. The van der Waals surface area contributed by atoms with Crippen molar-refractivity contribution < 1.29 is 13.9 Å². The molecule has 1 atom stereocenters. The smallest absolute Gasteiger partial charge is 0.154 e. The molecule has 4 rings (SSSR count). The van der Waals surface area contributed by atoms with Gasteiger partial charge in [0.05, 0.1) is 55.1 Å². The number of carbonyl (C=O) groups excluding carboxylic acids is 1. The van der Waals surface area contributed by atoms with Crippen LogP contribution in [0.1, 0.15) is 42.0 Å². The van der Waals surface area contributed by atoms with Crippen molar-refractivity contribution in [2.24, 2.45) is 10.7 Å². The Labute approximate surface area is 217 Å². The second kappa shape index (κ2) is 14.2.